The van der Waals surface area contributed by atoms with E-state index in [1.807, 2.05) is 12.1 Å². The minimum absolute atomic E-state index is 0.0712. The SMILES string of the molecule is Cc1ccc(CNC(=O)CN2CC(C)C(N)C2)cc1. The molecule has 1 aliphatic rings. The van der Waals surface area contributed by atoms with E-state index >= 15 is 0 Å². The average Bonchev–Trinajstić information content (AvgIpc) is 2.67. The third-order valence-corrected chi connectivity index (χ3v) is 3.72. The Balaban J connectivity index is 1.74. The van der Waals surface area contributed by atoms with Gasteiger partial charge in [0.25, 0.3) is 0 Å². The largest absolute Gasteiger partial charge is 0.351 e. The monoisotopic (exact) mass is 261 g/mol. The summed E-state index contributed by atoms with van der Waals surface area (Å²) in [5.74, 6) is 0.548. The van der Waals surface area contributed by atoms with E-state index in [0.717, 1.165) is 18.7 Å². The van der Waals surface area contributed by atoms with Gasteiger partial charge in [0.05, 0.1) is 6.54 Å². The molecule has 19 heavy (non-hydrogen) atoms. The molecule has 1 saturated heterocycles. The van der Waals surface area contributed by atoms with E-state index in [-0.39, 0.29) is 11.9 Å². The van der Waals surface area contributed by atoms with Gasteiger partial charge in [-0.25, -0.2) is 0 Å². The van der Waals surface area contributed by atoms with E-state index in [4.69, 9.17) is 5.73 Å². The molecule has 2 unspecified atom stereocenters. The van der Waals surface area contributed by atoms with Crippen molar-refractivity contribution in [2.75, 3.05) is 19.6 Å². The zero-order chi connectivity index (χ0) is 13.8. The Morgan fingerprint density at radius 3 is 2.63 bits per heavy atom. The molecular formula is C15H23N3O. The molecule has 4 heteroatoms. The van der Waals surface area contributed by atoms with Crippen LogP contribution in [0.3, 0.4) is 0 Å². The molecule has 0 saturated carbocycles. The summed E-state index contributed by atoms with van der Waals surface area (Å²) < 4.78 is 0. The molecule has 3 N–H and O–H groups in total. The number of benzene rings is 1. The normalized spacial score (nSPS) is 23.5. The molecule has 1 aliphatic heterocycles. The van der Waals surface area contributed by atoms with Crippen molar-refractivity contribution < 1.29 is 4.79 Å². The number of amides is 1. The van der Waals surface area contributed by atoms with Gasteiger partial charge in [0.2, 0.25) is 5.91 Å². The van der Waals surface area contributed by atoms with Gasteiger partial charge < -0.3 is 11.1 Å². The Morgan fingerprint density at radius 1 is 1.37 bits per heavy atom. The second kappa shape index (κ2) is 6.17. The molecule has 0 spiro atoms. The van der Waals surface area contributed by atoms with Gasteiger partial charge >= 0.3 is 0 Å². The van der Waals surface area contributed by atoms with Crippen LogP contribution in [0, 0.1) is 12.8 Å². The van der Waals surface area contributed by atoms with Crippen LogP contribution in [0.5, 0.6) is 0 Å². The van der Waals surface area contributed by atoms with Gasteiger partial charge in [-0.2, -0.15) is 0 Å². The lowest BCUT2D eigenvalue weighted by atomic mass is 10.1. The molecule has 0 aliphatic carbocycles. The van der Waals surface area contributed by atoms with E-state index in [9.17, 15) is 4.79 Å². The number of carbonyl (C=O) groups is 1. The van der Waals surface area contributed by atoms with E-state index in [1.165, 1.54) is 5.56 Å². The van der Waals surface area contributed by atoms with Crippen molar-refractivity contribution in [3.63, 3.8) is 0 Å². The number of nitrogens with zero attached hydrogens (tertiary/aromatic N) is 1. The number of aryl methyl sites for hydroxylation is 1. The second-order valence-electron chi connectivity index (χ2n) is 5.60. The van der Waals surface area contributed by atoms with Gasteiger partial charge in [0.1, 0.15) is 0 Å². The summed E-state index contributed by atoms with van der Waals surface area (Å²) in [7, 11) is 0. The lowest BCUT2D eigenvalue weighted by Crippen LogP contribution is -2.37. The Morgan fingerprint density at radius 2 is 2.05 bits per heavy atom. The molecule has 0 aromatic heterocycles. The summed E-state index contributed by atoms with van der Waals surface area (Å²) in [6, 6.07) is 8.41. The maximum atomic E-state index is 11.9. The summed E-state index contributed by atoms with van der Waals surface area (Å²) >= 11 is 0. The zero-order valence-electron chi connectivity index (χ0n) is 11.7. The molecule has 1 amide bonds. The van der Waals surface area contributed by atoms with Crippen molar-refractivity contribution in [1.29, 1.82) is 0 Å². The number of rotatable bonds is 4. The predicted molar refractivity (Wildman–Crippen MR) is 76.6 cm³/mol. The number of carbonyl (C=O) groups excluding carboxylic acids is 1. The highest BCUT2D eigenvalue weighted by Gasteiger charge is 2.27. The van der Waals surface area contributed by atoms with Gasteiger partial charge in [-0.05, 0) is 18.4 Å². The molecular weight excluding hydrogens is 238 g/mol. The van der Waals surface area contributed by atoms with Gasteiger partial charge in [-0.3, -0.25) is 9.69 Å². The molecule has 1 aromatic rings. The minimum atomic E-state index is 0.0712. The van der Waals surface area contributed by atoms with Crippen LogP contribution in [0.25, 0.3) is 0 Å². The molecule has 2 rings (SSSR count). The van der Waals surface area contributed by atoms with E-state index in [2.05, 4.69) is 36.2 Å². The first-order chi connectivity index (χ1) is 9.04. The third kappa shape index (κ3) is 4.04. The average molecular weight is 261 g/mol. The Kier molecular flexibility index (Phi) is 4.56. The molecule has 0 bridgehead atoms. The fourth-order valence-corrected chi connectivity index (χ4v) is 2.39. The highest BCUT2D eigenvalue weighted by molar-refractivity contribution is 5.78. The molecule has 2 atom stereocenters. The first kappa shape index (κ1) is 14.0. The smallest absolute Gasteiger partial charge is 0.234 e. The number of hydrogen-bond donors (Lipinski definition) is 2. The van der Waals surface area contributed by atoms with E-state index < -0.39 is 0 Å². The zero-order valence-corrected chi connectivity index (χ0v) is 11.7. The van der Waals surface area contributed by atoms with Crippen molar-refractivity contribution in [2.45, 2.75) is 26.4 Å². The summed E-state index contributed by atoms with van der Waals surface area (Å²) in [6.07, 6.45) is 0. The first-order valence-electron chi connectivity index (χ1n) is 6.85. The van der Waals surface area contributed by atoms with Gasteiger partial charge in [-0.1, -0.05) is 36.8 Å². The Labute approximate surface area is 115 Å². The van der Waals surface area contributed by atoms with Crippen LogP contribution in [0.15, 0.2) is 24.3 Å². The summed E-state index contributed by atoms with van der Waals surface area (Å²) in [4.78, 5) is 14.0. The topological polar surface area (TPSA) is 58.4 Å². The molecule has 0 radical (unpaired) electrons. The number of nitrogens with two attached hydrogens (primary N) is 1. The molecule has 1 fully saturated rings. The molecule has 1 heterocycles. The molecule has 4 nitrogen and oxygen atoms in total. The summed E-state index contributed by atoms with van der Waals surface area (Å²) in [5.41, 5.74) is 8.31. The molecule has 104 valence electrons. The maximum Gasteiger partial charge on any atom is 0.234 e. The van der Waals surface area contributed by atoms with Crippen molar-refractivity contribution in [3.05, 3.63) is 35.4 Å². The lowest BCUT2D eigenvalue weighted by Gasteiger charge is -2.14. The van der Waals surface area contributed by atoms with Crippen LogP contribution in [0.2, 0.25) is 0 Å². The van der Waals surface area contributed by atoms with Crippen molar-refractivity contribution in [3.8, 4) is 0 Å². The van der Waals surface area contributed by atoms with Crippen LogP contribution in [0.1, 0.15) is 18.1 Å². The van der Waals surface area contributed by atoms with Crippen molar-refractivity contribution >= 4 is 5.91 Å². The summed E-state index contributed by atoms with van der Waals surface area (Å²) in [6.45, 7) is 6.96. The van der Waals surface area contributed by atoms with Crippen molar-refractivity contribution in [1.82, 2.24) is 10.2 Å². The number of likely N-dealkylation sites (tertiary alicyclic amines) is 1. The van der Waals surface area contributed by atoms with Crippen LogP contribution in [-0.2, 0) is 11.3 Å². The van der Waals surface area contributed by atoms with Crippen LogP contribution < -0.4 is 11.1 Å². The minimum Gasteiger partial charge on any atom is -0.351 e. The van der Waals surface area contributed by atoms with Gasteiger partial charge in [0, 0.05) is 25.7 Å². The van der Waals surface area contributed by atoms with Crippen LogP contribution in [-0.4, -0.2) is 36.5 Å². The van der Waals surface area contributed by atoms with Crippen LogP contribution >= 0.6 is 0 Å². The number of nitrogens with one attached hydrogen (secondary N) is 1. The first-order valence-corrected chi connectivity index (χ1v) is 6.85. The van der Waals surface area contributed by atoms with E-state index in [0.29, 0.717) is 19.0 Å². The maximum absolute atomic E-state index is 11.9. The quantitative estimate of drug-likeness (QED) is 0.846. The van der Waals surface area contributed by atoms with Crippen LogP contribution in [0.4, 0.5) is 0 Å². The third-order valence-electron chi connectivity index (χ3n) is 3.72. The Bertz CT molecular complexity index is 420. The Hall–Kier alpha value is -1.39. The standard InChI is InChI=1S/C15H23N3O/c1-11-3-5-13(6-4-11)7-17-15(19)10-18-8-12(2)14(16)9-18/h3-6,12,14H,7-10,16H2,1-2H3,(H,17,19). The van der Waals surface area contributed by atoms with E-state index in [1.54, 1.807) is 0 Å². The predicted octanol–water partition coefficient (Wildman–Crippen LogP) is 0.890. The highest BCUT2D eigenvalue weighted by atomic mass is 16.2. The number of hydrogen-bond acceptors (Lipinski definition) is 3. The van der Waals surface area contributed by atoms with Crippen molar-refractivity contribution in [2.24, 2.45) is 11.7 Å². The van der Waals surface area contributed by atoms with Gasteiger partial charge in [-0.15, -0.1) is 0 Å². The fourth-order valence-electron chi connectivity index (χ4n) is 2.39. The fraction of sp³-hybridized carbons (Fsp3) is 0.533. The second-order valence-corrected chi connectivity index (χ2v) is 5.60. The lowest BCUT2D eigenvalue weighted by molar-refractivity contribution is -0.122. The molecule has 1 aromatic carbocycles. The summed E-state index contributed by atoms with van der Waals surface area (Å²) in [5, 5.41) is 2.95. The highest BCUT2D eigenvalue weighted by Crippen LogP contribution is 2.13. The van der Waals surface area contributed by atoms with Gasteiger partial charge in [0.15, 0.2) is 0 Å².